The summed E-state index contributed by atoms with van der Waals surface area (Å²) >= 11 is 0. The maximum Gasteiger partial charge on any atom is 0.308 e. The molecule has 0 aliphatic rings. The van der Waals surface area contributed by atoms with Gasteiger partial charge in [0, 0.05) is 26.4 Å². The third kappa shape index (κ3) is 5.93. The Hall–Kier alpha value is -1.92. The molecule has 0 bridgehead atoms. The van der Waals surface area contributed by atoms with Crippen LogP contribution >= 0.6 is 0 Å². The first-order valence-electron chi connectivity index (χ1n) is 6.71. The second-order valence-corrected chi connectivity index (χ2v) is 4.97. The van der Waals surface area contributed by atoms with Crippen molar-refractivity contribution in [2.45, 2.75) is 39.8 Å². The highest BCUT2D eigenvalue weighted by molar-refractivity contribution is 5.73. The largest absolute Gasteiger partial charge is 0.423 e. The summed E-state index contributed by atoms with van der Waals surface area (Å²) in [6.07, 6.45) is -0.756. The number of aliphatic hydroxyl groups excluding tert-OH is 1. The van der Waals surface area contributed by atoms with Gasteiger partial charge in [0.15, 0.2) is 11.5 Å². The van der Waals surface area contributed by atoms with Crippen LogP contribution < -0.4 is 14.8 Å². The Kier molecular flexibility index (Phi) is 6.33. The van der Waals surface area contributed by atoms with Crippen LogP contribution in [0.25, 0.3) is 0 Å². The lowest BCUT2D eigenvalue weighted by molar-refractivity contribution is -0.134. The molecular weight excluding hydrogens is 274 g/mol. The molecule has 1 aromatic carbocycles. The lowest BCUT2D eigenvalue weighted by Gasteiger charge is -2.16. The molecule has 0 heterocycles. The van der Waals surface area contributed by atoms with Gasteiger partial charge in [-0.05, 0) is 17.7 Å². The highest BCUT2D eigenvalue weighted by Gasteiger charge is 2.15. The second-order valence-electron chi connectivity index (χ2n) is 4.97. The Bertz CT molecular complexity index is 513. The van der Waals surface area contributed by atoms with Crippen molar-refractivity contribution < 1.29 is 24.2 Å². The average Bonchev–Trinajstić information content (AvgIpc) is 2.36. The van der Waals surface area contributed by atoms with Gasteiger partial charge in [-0.15, -0.1) is 0 Å². The molecule has 2 N–H and O–H groups in total. The van der Waals surface area contributed by atoms with Crippen LogP contribution in [0, 0.1) is 0 Å². The first kappa shape index (κ1) is 17.1. The topological polar surface area (TPSA) is 84.9 Å². The highest BCUT2D eigenvalue weighted by atomic mass is 16.6. The van der Waals surface area contributed by atoms with Crippen molar-refractivity contribution in [2.75, 3.05) is 6.54 Å². The fraction of sp³-hybridized carbons (Fsp3) is 0.467. The van der Waals surface area contributed by atoms with E-state index < -0.39 is 18.0 Å². The summed E-state index contributed by atoms with van der Waals surface area (Å²) in [7, 11) is 0. The van der Waals surface area contributed by atoms with Gasteiger partial charge in [-0.3, -0.25) is 9.59 Å². The molecule has 0 aromatic heterocycles. The molecule has 0 spiro atoms. The van der Waals surface area contributed by atoms with Gasteiger partial charge in [0.1, 0.15) is 0 Å². The Balaban J connectivity index is 2.96. The molecule has 0 saturated heterocycles. The van der Waals surface area contributed by atoms with Crippen molar-refractivity contribution in [3.63, 3.8) is 0 Å². The van der Waals surface area contributed by atoms with E-state index in [-0.39, 0.29) is 17.5 Å². The third-order valence-corrected chi connectivity index (χ3v) is 2.58. The predicted molar refractivity (Wildman–Crippen MR) is 77.2 cm³/mol. The van der Waals surface area contributed by atoms with Gasteiger partial charge >= 0.3 is 11.9 Å². The molecule has 0 saturated carbocycles. The van der Waals surface area contributed by atoms with Gasteiger partial charge in [0.05, 0.1) is 6.10 Å². The van der Waals surface area contributed by atoms with Crippen LogP contribution in [0.3, 0.4) is 0 Å². The number of nitrogens with one attached hydrogen (secondary N) is 1. The molecule has 0 aliphatic carbocycles. The highest BCUT2D eigenvalue weighted by Crippen LogP contribution is 2.31. The van der Waals surface area contributed by atoms with Crippen LogP contribution in [-0.2, 0) is 9.59 Å². The van der Waals surface area contributed by atoms with Gasteiger partial charge in [0.2, 0.25) is 0 Å². The minimum absolute atomic E-state index is 0.110. The molecule has 6 heteroatoms. The zero-order chi connectivity index (χ0) is 16.0. The van der Waals surface area contributed by atoms with E-state index >= 15 is 0 Å². The van der Waals surface area contributed by atoms with E-state index in [1.165, 1.54) is 26.0 Å². The van der Waals surface area contributed by atoms with Gasteiger partial charge in [-0.1, -0.05) is 19.9 Å². The molecule has 6 nitrogen and oxygen atoms in total. The van der Waals surface area contributed by atoms with Crippen molar-refractivity contribution in [2.24, 2.45) is 0 Å². The molecule has 0 amide bonds. The lowest BCUT2D eigenvalue weighted by atomic mass is 10.1. The minimum Gasteiger partial charge on any atom is -0.423 e. The van der Waals surface area contributed by atoms with E-state index in [2.05, 4.69) is 5.32 Å². The SMILES string of the molecule is CC(=O)Oc1ccc([C@@H](O)CNC(C)C)cc1OC(C)=O. The van der Waals surface area contributed by atoms with Crippen LogP contribution in [-0.4, -0.2) is 29.6 Å². The molecule has 1 rings (SSSR count). The zero-order valence-electron chi connectivity index (χ0n) is 12.7. The maximum absolute atomic E-state index is 11.1. The van der Waals surface area contributed by atoms with E-state index in [1.54, 1.807) is 6.07 Å². The summed E-state index contributed by atoms with van der Waals surface area (Å²) < 4.78 is 9.98. The number of hydrogen-bond acceptors (Lipinski definition) is 6. The fourth-order valence-electron chi connectivity index (χ4n) is 1.67. The molecule has 0 radical (unpaired) electrons. The van der Waals surface area contributed by atoms with Crippen LogP contribution in [0.4, 0.5) is 0 Å². The smallest absolute Gasteiger partial charge is 0.308 e. The molecule has 1 aromatic rings. The molecule has 21 heavy (non-hydrogen) atoms. The fourth-order valence-corrected chi connectivity index (χ4v) is 1.67. The van der Waals surface area contributed by atoms with E-state index in [0.29, 0.717) is 12.1 Å². The molecule has 0 aliphatic heterocycles. The van der Waals surface area contributed by atoms with Crippen molar-refractivity contribution in [1.82, 2.24) is 5.32 Å². The van der Waals surface area contributed by atoms with Crippen molar-refractivity contribution >= 4 is 11.9 Å². The number of benzene rings is 1. The van der Waals surface area contributed by atoms with Gasteiger partial charge in [-0.25, -0.2) is 0 Å². The van der Waals surface area contributed by atoms with Gasteiger partial charge in [-0.2, -0.15) is 0 Å². The van der Waals surface area contributed by atoms with Crippen LogP contribution in [0.5, 0.6) is 11.5 Å². The molecular formula is C15H21NO5. The third-order valence-electron chi connectivity index (χ3n) is 2.58. The quantitative estimate of drug-likeness (QED) is 0.612. The first-order chi connectivity index (χ1) is 9.79. The normalized spacial score (nSPS) is 12.1. The lowest BCUT2D eigenvalue weighted by Crippen LogP contribution is -2.27. The maximum atomic E-state index is 11.1. The number of hydrogen-bond donors (Lipinski definition) is 2. The predicted octanol–water partition coefficient (Wildman–Crippen LogP) is 1.57. The monoisotopic (exact) mass is 295 g/mol. The van der Waals surface area contributed by atoms with E-state index in [4.69, 9.17) is 9.47 Å². The van der Waals surface area contributed by atoms with Crippen LogP contribution in [0.1, 0.15) is 39.4 Å². The number of ether oxygens (including phenoxy) is 2. The van der Waals surface area contributed by atoms with Gasteiger partial charge in [0.25, 0.3) is 0 Å². The molecule has 0 fully saturated rings. The van der Waals surface area contributed by atoms with E-state index in [0.717, 1.165) is 0 Å². The summed E-state index contributed by atoms with van der Waals surface area (Å²) in [5.74, 6) is -0.794. The molecule has 1 atom stereocenters. The Labute approximate surface area is 124 Å². The average molecular weight is 295 g/mol. The molecule has 0 unspecified atom stereocenters. The van der Waals surface area contributed by atoms with Crippen molar-refractivity contribution in [3.05, 3.63) is 23.8 Å². The van der Waals surface area contributed by atoms with Gasteiger partial charge < -0.3 is 19.9 Å². The number of rotatable bonds is 6. The zero-order valence-corrected chi connectivity index (χ0v) is 12.7. The first-order valence-corrected chi connectivity index (χ1v) is 6.71. The summed E-state index contributed by atoms with van der Waals surface area (Å²) in [5, 5.41) is 13.2. The number of esters is 2. The van der Waals surface area contributed by atoms with Crippen LogP contribution in [0.2, 0.25) is 0 Å². The summed E-state index contributed by atoms with van der Waals surface area (Å²) in [5.41, 5.74) is 0.565. The second kappa shape index (κ2) is 7.75. The Morgan fingerprint density at radius 3 is 2.24 bits per heavy atom. The van der Waals surface area contributed by atoms with Crippen molar-refractivity contribution in [1.29, 1.82) is 0 Å². The summed E-state index contributed by atoms with van der Waals surface area (Å²) in [6, 6.07) is 4.85. The summed E-state index contributed by atoms with van der Waals surface area (Å²) in [4.78, 5) is 22.1. The standard InChI is InChI=1S/C15H21NO5/c1-9(2)16-8-13(19)12-5-6-14(20-10(3)17)15(7-12)21-11(4)18/h5-7,9,13,16,19H,8H2,1-4H3/t13-/m0/s1. The number of carbonyl (C=O) groups excluding carboxylic acids is 2. The number of aliphatic hydroxyl groups is 1. The van der Waals surface area contributed by atoms with E-state index in [9.17, 15) is 14.7 Å². The van der Waals surface area contributed by atoms with Crippen LogP contribution in [0.15, 0.2) is 18.2 Å². The Morgan fingerprint density at radius 1 is 1.14 bits per heavy atom. The number of carbonyl (C=O) groups is 2. The van der Waals surface area contributed by atoms with Crippen molar-refractivity contribution in [3.8, 4) is 11.5 Å². The summed E-state index contributed by atoms with van der Waals surface area (Å²) in [6.45, 7) is 6.82. The molecule has 116 valence electrons. The Morgan fingerprint density at radius 2 is 1.71 bits per heavy atom. The minimum atomic E-state index is -0.756. The van der Waals surface area contributed by atoms with E-state index in [1.807, 2.05) is 13.8 Å².